The van der Waals surface area contributed by atoms with Gasteiger partial charge in [-0.25, -0.2) is 0 Å². The number of nitrogens with one attached hydrogen (secondary N) is 1. The summed E-state index contributed by atoms with van der Waals surface area (Å²) >= 11 is 0. The molecular weight excluding hydrogens is 354 g/mol. The number of halogens is 1. The van der Waals surface area contributed by atoms with Crippen molar-refractivity contribution in [1.82, 2.24) is 5.32 Å². The highest BCUT2D eigenvalue weighted by Crippen LogP contribution is 2.49. The highest BCUT2D eigenvalue weighted by molar-refractivity contribution is 6.01. The van der Waals surface area contributed by atoms with Crippen LogP contribution in [0, 0.1) is 5.41 Å². The van der Waals surface area contributed by atoms with E-state index in [0.717, 1.165) is 11.3 Å². The van der Waals surface area contributed by atoms with Crippen LogP contribution in [0.1, 0.15) is 32.8 Å². The predicted molar refractivity (Wildman–Crippen MR) is 103 cm³/mol. The molecule has 3 rings (SSSR count). The fourth-order valence-electron chi connectivity index (χ4n) is 3.82. The number of nitrogens with zero attached hydrogens (tertiary/aromatic N) is 1. The van der Waals surface area contributed by atoms with Gasteiger partial charge in [0.15, 0.2) is 0 Å². The predicted octanol–water partition coefficient (Wildman–Crippen LogP) is 1.65. The van der Waals surface area contributed by atoms with Gasteiger partial charge in [-0.05, 0) is 18.6 Å². The zero-order valence-electron chi connectivity index (χ0n) is 15.6. The number of fused-ring (bicyclic) bond motifs is 1. The van der Waals surface area contributed by atoms with Crippen LogP contribution in [0.25, 0.3) is 0 Å². The molecule has 2 amide bonds. The average Bonchev–Trinajstić information content (AvgIpc) is 2.90. The first-order chi connectivity index (χ1) is 11.8. The number of nitrogens with two attached hydrogens (primary N) is 1. The van der Waals surface area contributed by atoms with Gasteiger partial charge >= 0.3 is 0 Å². The van der Waals surface area contributed by atoms with Crippen molar-refractivity contribution < 1.29 is 14.3 Å². The van der Waals surface area contributed by atoms with Gasteiger partial charge in [0.1, 0.15) is 5.54 Å². The third-order valence-electron chi connectivity index (χ3n) is 5.78. The van der Waals surface area contributed by atoms with Gasteiger partial charge in [-0.2, -0.15) is 0 Å². The SMILES string of the molecule is CCOC1CC(N)(C(=O)NCCN2C(=O)Cc3ccccc32)C1(C)C.Cl. The molecule has 1 aromatic rings. The van der Waals surface area contributed by atoms with Crippen LogP contribution in [-0.2, 0) is 20.7 Å². The first kappa shape index (κ1) is 20.7. The Kier molecular flexibility index (Phi) is 6.00. The monoisotopic (exact) mass is 381 g/mol. The van der Waals surface area contributed by atoms with E-state index in [1.807, 2.05) is 45.0 Å². The molecule has 1 aliphatic carbocycles. The van der Waals surface area contributed by atoms with Crippen molar-refractivity contribution >= 4 is 29.9 Å². The second-order valence-corrected chi connectivity index (χ2v) is 7.45. The summed E-state index contributed by atoms with van der Waals surface area (Å²) in [6, 6.07) is 7.76. The Labute approximate surface area is 160 Å². The zero-order chi connectivity index (χ0) is 18.2. The zero-order valence-corrected chi connectivity index (χ0v) is 16.4. The summed E-state index contributed by atoms with van der Waals surface area (Å²) in [7, 11) is 0. The first-order valence-electron chi connectivity index (χ1n) is 8.88. The third-order valence-corrected chi connectivity index (χ3v) is 5.78. The molecule has 1 saturated carbocycles. The Morgan fingerprint density at radius 3 is 2.73 bits per heavy atom. The van der Waals surface area contributed by atoms with Crippen molar-refractivity contribution in [3.8, 4) is 0 Å². The normalized spacial score (nSPS) is 25.9. The number of benzene rings is 1. The number of amides is 2. The Bertz CT molecular complexity index is 694. The van der Waals surface area contributed by atoms with Crippen LogP contribution in [0.3, 0.4) is 0 Å². The Morgan fingerprint density at radius 2 is 2.08 bits per heavy atom. The van der Waals surface area contributed by atoms with Crippen LogP contribution in [0.15, 0.2) is 24.3 Å². The number of carbonyl (C=O) groups is 2. The van der Waals surface area contributed by atoms with Crippen molar-refractivity contribution in [3.63, 3.8) is 0 Å². The largest absolute Gasteiger partial charge is 0.378 e. The highest BCUT2D eigenvalue weighted by Gasteiger charge is 2.62. The summed E-state index contributed by atoms with van der Waals surface area (Å²) in [5.41, 5.74) is 7.00. The molecule has 2 unspecified atom stereocenters. The Hall–Kier alpha value is -1.63. The lowest BCUT2D eigenvalue weighted by Gasteiger charge is -2.57. The van der Waals surface area contributed by atoms with Gasteiger partial charge in [0, 0.05) is 37.2 Å². The molecule has 7 heteroatoms. The van der Waals surface area contributed by atoms with Crippen molar-refractivity contribution in [2.45, 2.75) is 45.3 Å². The molecule has 0 spiro atoms. The number of hydrogen-bond acceptors (Lipinski definition) is 4. The van der Waals surface area contributed by atoms with Gasteiger partial charge in [-0.3, -0.25) is 9.59 Å². The topological polar surface area (TPSA) is 84.7 Å². The van der Waals surface area contributed by atoms with E-state index in [1.54, 1.807) is 4.90 Å². The number of ether oxygens (including phenoxy) is 1. The van der Waals surface area contributed by atoms with Gasteiger partial charge in [-0.15, -0.1) is 12.4 Å². The quantitative estimate of drug-likeness (QED) is 0.784. The summed E-state index contributed by atoms with van der Waals surface area (Å²) in [6.45, 7) is 7.33. The van der Waals surface area contributed by atoms with E-state index in [1.165, 1.54) is 0 Å². The van der Waals surface area contributed by atoms with Crippen molar-refractivity contribution in [1.29, 1.82) is 0 Å². The number of rotatable bonds is 6. The number of hydrogen-bond donors (Lipinski definition) is 2. The fourth-order valence-corrected chi connectivity index (χ4v) is 3.82. The van der Waals surface area contributed by atoms with E-state index in [9.17, 15) is 9.59 Å². The fraction of sp³-hybridized carbons (Fsp3) is 0.579. The van der Waals surface area contributed by atoms with E-state index < -0.39 is 11.0 Å². The second-order valence-electron chi connectivity index (χ2n) is 7.45. The van der Waals surface area contributed by atoms with E-state index in [0.29, 0.717) is 32.5 Å². The molecule has 1 aliphatic heterocycles. The van der Waals surface area contributed by atoms with Gasteiger partial charge < -0.3 is 20.7 Å². The summed E-state index contributed by atoms with van der Waals surface area (Å²) in [5.74, 6) is -0.105. The highest BCUT2D eigenvalue weighted by atomic mass is 35.5. The Morgan fingerprint density at radius 1 is 1.38 bits per heavy atom. The molecule has 1 aromatic carbocycles. The second kappa shape index (κ2) is 7.55. The maximum Gasteiger partial charge on any atom is 0.240 e. The maximum atomic E-state index is 12.6. The lowest BCUT2D eigenvalue weighted by Crippen LogP contribution is -2.75. The molecule has 144 valence electrons. The van der Waals surface area contributed by atoms with Crippen LogP contribution < -0.4 is 16.0 Å². The maximum absolute atomic E-state index is 12.6. The van der Waals surface area contributed by atoms with Gasteiger partial charge in [0.2, 0.25) is 11.8 Å². The molecule has 2 aliphatic rings. The average molecular weight is 382 g/mol. The Balaban J connectivity index is 0.00000243. The first-order valence-corrected chi connectivity index (χ1v) is 8.88. The van der Waals surface area contributed by atoms with Crippen molar-refractivity contribution in [3.05, 3.63) is 29.8 Å². The van der Waals surface area contributed by atoms with Crippen LogP contribution in [0.4, 0.5) is 5.69 Å². The van der Waals surface area contributed by atoms with E-state index in [4.69, 9.17) is 10.5 Å². The summed E-state index contributed by atoms with van der Waals surface area (Å²) in [4.78, 5) is 26.5. The van der Waals surface area contributed by atoms with Gasteiger partial charge in [0.25, 0.3) is 0 Å². The number of para-hydroxylation sites is 1. The lowest BCUT2D eigenvalue weighted by atomic mass is 9.54. The lowest BCUT2D eigenvalue weighted by molar-refractivity contribution is -0.170. The smallest absolute Gasteiger partial charge is 0.240 e. The molecular formula is C19H28ClN3O3. The minimum Gasteiger partial charge on any atom is -0.378 e. The van der Waals surface area contributed by atoms with Crippen LogP contribution >= 0.6 is 12.4 Å². The minimum atomic E-state index is -0.931. The molecule has 1 fully saturated rings. The van der Waals surface area contributed by atoms with E-state index in [2.05, 4.69) is 5.32 Å². The molecule has 0 aromatic heterocycles. The van der Waals surface area contributed by atoms with E-state index >= 15 is 0 Å². The van der Waals surface area contributed by atoms with Crippen LogP contribution in [0.2, 0.25) is 0 Å². The summed E-state index contributed by atoms with van der Waals surface area (Å²) in [5, 5.41) is 2.91. The molecule has 2 atom stereocenters. The van der Waals surface area contributed by atoms with Crippen LogP contribution in [-0.4, -0.2) is 43.2 Å². The molecule has 6 nitrogen and oxygen atoms in total. The molecule has 0 saturated heterocycles. The molecule has 0 radical (unpaired) electrons. The molecule has 3 N–H and O–H groups in total. The van der Waals surface area contributed by atoms with Crippen molar-refractivity contribution in [2.24, 2.45) is 11.1 Å². The standard InChI is InChI=1S/C19H27N3O3.ClH/c1-4-25-15-12-19(20,18(15,2)3)17(24)21-9-10-22-14-8-6-5-7-13(14)11-16(22)23;/h5-8,15H,4,9-12,20H2,1-3H3,(H,21,24);1H. The van der Waals surface area contributed by atoms with Gasteiger partial charge in [-0.1, -0.05) is 32.0 Å². The van der Waals surface area contributed by atoms with Gasteiger partial charge in [0.05, 0.1) is 12.5 Å². The molecule has 0 bridgehead atoms. The summed E-state index contributed by atoms with van der Waals surface area (Å²) in [6.07, 6.45) is 0.944. The number of carbonyl (C=O) groups excluding carboxylic acids is 2. The number of anilines is 1. The molecule has 1 heterocycles. The third kappa shape index (κ3) is 3.21. The van der Waals surface area contributed by atoms with Crippen molar-refractivity contribution in [2.75, 3.05) is 24.6 Å². The minimum absolute atomic E-state index is 0. The van der Waals surface area contributed by atoms with E-state index in [-0.39, 0.29) is 30.3 Å². The van der Waals surface area contributed by atoms with Crippen LogP contribution in [0.5, 0.6) is 0 Å². The molecule has 26 heavy (non-hydrogen) atoms. The summed E-state index contributed by atoms with van der Waals surface area (Å²) < 4.78 is 5.66.